The van der Waals surface area contributed by atoms with E-state index in [1.165, 1.54) is 5.57 Å². The second kappa shape index (κ2) is 16.4. The van der Waals surface area contributed by atoms with E-state index < -0.39 is 20.5 Å². The van der Waals surface area contributed by atoms with Gasteiger partial charge in [0.15, 0.2) is 9.84 Å². The maximum atomic E-state index is 14.8. The fourth-order valence-corrected chi connectivity index (χ4v) is 10.2. The Morgan fingerprint density at radius 3 is 2.02 bits per heavy atom. The summed E-state index contributed by atoms with van der Waals surface area (Å²) in [5.74, 6) is 0.136. The molecular weight excluding hydrogens is 605 g/mol. The van der Waals surface area contributed by atoms with E-state index in [4.69, 9.17) is 14.2 Å². The van der Waals surface area contributed by atoms with Gasteiger partial charge in [0.1, 0.15) is 6.79 Å². The summed E-state index contributed by atoms with van der Waals surface area (Å²) in [7, 11) is -3.69. The van der Waals surface area contributed by atoms with Gasteiger partial charge >= 0.3 is 0 Å². The lowest BCUT2D eigenvalue weighted by Gasteiger charge is -2.55. The van der Waals surface area contributed by atoms with Crippen molar-refractivity contribution < 1.29 is 22.6 Å². The lowest BCUT2D eigenvalue weighted by atomic mass is 9.54. The first-order chi connectivity index (χ1) is 22.7. The largest absolute Gasteiger partial charge is 0.376 e. The fourth-order valence-electron chi connectivity index (χ4n) is 7.79. The van der Waals surface area contributed by atoms with Gasteiger partial charge in [-0.15, -0.1) is 0 Å². The molecule has 3 aromatic carbocycles. The van der Waals surface area contributed by atoms with Crippen LogP contribution in [0.5, 0.6) is 0 Å². The molecule has 6 heteroatoms. The van der Waals surface area contributed by atoms with Crippen LogP contribution in [0.3, 0.4) is 0 Å². The summed E-state index contributed by atoms with van der Waals surface area (Å²) in [5.41, 5.74) is 4.03. The van der Waals surface area contributed by atoms with Gasteiger partial charge in [0, 0.05) is 0 Å². The number of benzene rings is 3. The van der Waals surface area contributed by atoms with E-state index in [0.717, 1.165) is 42.4 Å². The number of rotatable bonds is 11. The smallest absolute Gasteiger partial charge is 0.182 e. The molecule has 0 radical (unpaired) electrons. The fraction of sp³-hybridized carbons (Fsp3) is 0.463. The van der Waals surface area contributed by atoms with Crippen molar-refractivity contribution in [3.63, 3.8) is 0 Å². The van der Waals surface area contributed by atoms with Crippen LogP contribution in [0.1, 0.15) is 70.9 Å². The molecule has 2 aliphatic carbocycles. The Bertz CT molecular complexity index is 1570. The highest BCUT2D eigenvalue weighted by atomic mass is 32.2. The van der Waals surface area contributed by atoms with Gasteiger partial charge in [-0.2, -0.15) is 0 Å². The summed E-state index contributed by atoms with van der Waals surface area (Å²) in [5, 5.41) is -0.615. The molecule has 0 aromatic heterocycles. The van der Waals surface area contributed by atoms with Gasteiger partial charge in [-0.3, -0.25) is 0 Å². The van der Waals surface area contributed by atoms with Crippen molar-refractivity contribution in [3.8, 4) is 0 Å². The molecule has 0 saturated heterocycles. The SMILES string of the molecule is CC1=C[C@@H](OCOCc2ccccc2)[C@@H]2CC[C@@H](C)[C@](C)(C(S(=O)(=O)c3ccccc3)CC(C)=CCC1)[C@H]2COCc1ccccc1. The molecule has 2 bridgehead atoms. The van der Waals surface area contributed by atoms with E-state index in [1.807, 2.05) is 54.6 Å². The van der Waals surface area contributed by atoms with Crippen LogP contribution in [0.15, 0.2) is 119 Å². The van der Waals surface area contributed by atoms with Crippen LogP contribution < -0.4 is 0 Å². The molecule has 2 aliphatic rings. The third-order valence-corrected chi connectivity index (χ3v) is 13.1. The van der Waals surface area contributed by atoms with Gasteiger partial charge < -0.3 is 14.2 Å². The van der Waals surface area contributed by atoms with Crippen molar-refractivity contribution in [1.82, 2.24) is 0 Å². The first-order valence-corrected chi connectivity index (χ1v) is 18.7. The zero-order chi connectivity index (χ0) is 33.3. The molecular formula is C41H52O5S. The zero-order valence-corrected chi connectivity index (χ0v) is 29.3. The van der Waals surface area contributed by atoms with E-state index >= 15 is 0 Å². The van der Waals surface area contributed by atoms with Crippen LogP contribution in [0.4, 0.5) is 0 Å². The monoisotopic (exact) mass is 656 g/mol. The van der Waals surface area contributed by atoms with E-state index in [-0.39, 0.29) is 30.7 Å². The zero-order valence-electron chi connectivity index (χ0n) is 28.5. The van der Waals surface area contributed by atoms with E-state index in [0.29, 0.717) is 31.1 Å². The first-order valence-electron chi connectivity index (χ1n) is 17.2. The third kappa shape index (κ3) is 8.72. The third-order valence-electron chi connectivity index (χ3n) is 10.7. The molecule has 5 nitrogen and oxygen atoms in total. The van der Waals surface area contributed by atoms with Crippen LogP contribution in [0.25, 0.3) is 0 Å². The van der Waals surface area contributed by atoms with Crippen molar-refractivity contribution in [2.24, 2.45) is 23.2 Å². The minimum atomic E-state index is -3.69. The predicted octanol–water partition coefficient (Wildman–Crippen LogP) is 9.35. The van der Waals surface area contributed by atoms with Gasteiger partial charge in [0.2, 0.25) is 0 Å². The number of sulfone groups is 1. The quantitative estimate of drug-likeness (QED) is 0.117. The Labute approximate surface area is 283 Å². The van der Waals surface area contributed by atoms with Crippen molar-refractivity contribution in [2.75, 3.05) is 13.4 Å². The van der Waals surface area contributed by atoms with Crippen molar-refractivity contribution in [2.45, 2.75) is 89.3 Å². The highest BCUT2D eigenvalue weighted by molar-refractivity contribution is 7.92. The first kappa shape index (κ1) is 35.3. The maximum absolute atomic E-state index is 14.8. The van der Waals surface area contributed by atoms with Crippen LogP contribution in [-0.4, -0.2) is 33.2 Å². The Balaban J connectivity index is 1.54. The molecule has 1 fully saturated rings. The second-order valence-electron chi connectivity index (χ2n) is 13.9. The minimum absolute atomic E-state index is 0.0550. The average molecular weight is 657 g/mol. The summed E-state index contributed by atoms with van der Waals surface area (Å²) >= 11 is 0. The second-order valence-corrected chi connectivity index (χ2v) is 16.0. The number of hydrogen-bond acceptors (Lipinski definition) is 5. The van der Waals surface area contributed by atoms with Gasteiger partial charge in [-0.25, -0.2) is 8.42 Å². The van der Waals surface area contributed by atoms with Crippen LogP contribution in [0.2, 0.25) is 0 Å². The average Bonchev–Trinajstić information content (AvgIpc) is 3.08. The van der Waals surface area contributed by atoms with Gasteiger partial charge in [0.25, 0.3) is 0 Å². The van der Waals surface area contributed by atoms with Crippen molar-refractivity contribution in [3.05, 3.63) is 125 Å². The number of allylic oxidation sites excluding steroid dienone is 3. The Morgan fingerprint density at radius 2 is 1.38 bits per heavy atom. The van der Waals surface area contributed by atoms with Crippen LogP contribution in [0, 0.1) is 23.2 Å². The minimum Gasteiger partial charge on any atom is -0.376 e. The van der Waals surface area contributed by atoms with E-state index in [9.17, 15) is 8.42 Å². The summed E-state index contributed by atoms with van der Waals surface area (Å²) in [6, 6.07) is 29.4. The molecule has 6 atom stereocenters. The van der Waals surface area contributed by atoms with Gasteiger partial charge in [-0.1, -0.05) is 116 Å². The van der Waals surface area contributed by atoms with E-state index in [1.54, 1.807) is 12.1 Å². The summed E-state index contributed by atoms with van der Waals surface area (Å²) in [6.07, 6.45) is 8.39. The number of hydrogen-bond donors (Lipinski definition) is 0. The van der Waals surface area contributed by atoms with Crippen molar-refractivity contribution in [1.29, 1.82) is 0 Å². The molecule has 0 heterocycles. The summed E-state index contributed by atoms with van der Waals surface area (Å²) in [4.78, 5) is 0.391. The summed E-state index contributed by atoms with van der Waals surface area (Å²) < 4.78 is 48.8. The molecule has 252 valence electrons. The molecule has 1 saturated carbocycles. The van der Waals surface area contributed by atoms with E-state index in [2.05, 4.69) is 64.1 Å². The molecule has 0 amide bonds. The lowest BCUT2D eigenvalue weighted by molar-refractivity contribution is -0.138. The molecule has 0 N–H and O–H groups in total. The van der Waals surface area contributed by atoms with Crippen molar-refractivity contribution >= 4 is 9.84 Å². The molecule has 3 aromatic rings. The molecule has 0 spiro atoms. The topological polar surface area (TPSA) is 61.8 Å². The molecule has 1 unspecified atom stereocenters. The molecule has 47 heavy (non-hydrogen) atoms. The maximum Gasteiger partial charge on any atom is 0.182 e. The summed E-state index contributed by atoms with van der Waals surface area (Å²) in [6.45, 7) is 10.3. The standard InChI is InChI=1S/C41H52O5S/c1-31-15-14-16-32(2)26-40(47(42,43)36-21-12-7-13-22-36)41(4)33(3)23-24-37(38(41)29-44-27-34-17-8-5-9-18-34)39(25-31)46-30-45-28-35-19-10-6-11-20-35/h5-13,16-22,25,33,37-40H,14-15,23-24,26-30H2,1-4H3/t33-,37-,38+,39-,40?,41+/m1/s1. The van der Waals surface area contributed by atoms with Gasteiger partial charge in [-0.05, 0) is 92.4 Å². The molecule has 5 rings (SSSR count). The Kier molecular flexibility index (Phi) is 12.3. The van der Waals surface area contributed by atoms with Crippen LogP contribution in [-0.2, 0) is 37.3 Å². The highest BCUT2D eigenvalue weighted by Gasteiger charge is 2.56. The lowest BCUT2D eigenvalue weighted by Crippen LogP contribution is -2.56. The predicted molar refractivity (Wildman–Crippen MR) is 189 cm³/mol. The Hall–Kier alpha value is -3.03. The number of ether oxygens (including phenoxy) is 3. The number of fused-ring (bicyclic) bond motifs is 2. The molecule has 0 aliphatic heterocycles. The highest BCUT2D eigenvalue weighted by Crippen LogP contribution is 2.55. The Morgan fingerprint density at radius 1 is 0.787 bits per heavy atom. The van der Waals surface area contributed by atoms with Crippen LogP contribution >= 0.6 is 0 Å². The van der Waals surface area contributed by atoms with Gasteiger partial charge in [0.05, 0.1) is 36.1 Å². The normalized spacial score (nSPS) is 27.2.